The van der Waals surface area contributed by atoms with Crippen molar-refractivity contribution in [2.45, 2.75) is 0 Å². The highest BCUT2D eigenvalue weighted by Crippen LogP contribution is 1.61. The Morgan fingerprint density at radius 3 is 2.00 bits per heavy atom. The highest BCUT2D eigenvalue weighted by molar-refractivity contribution is 6.19. The lowest BCUT2D eigenvalue weighted by Crippen LogP contribution is -1.47. The van der Waals surface area contributed by atoms with Gasteiger partial charge in [-0.05, 0) is 0 Å². The molecule has 2 heteroatoms. The molecular formula is C3H5ClO. The smallest absolute Gasteiger partial charge is 0.0832 e. The molecule has 0 aliphatic rings. The van der Waals surface area contributed by atoms with E-state index < -0.39 is 0 Å². The second-order valence-corrected chi connectivity index (χ2v) is 0.605. The SMILES string of the molecule is C#CCCl.O. The van der Waals surface area contributed by atoms with Crippen LogP contribution in [0.5, 0.6) is 0 Å². The Morgan fingerprint density at radius 2 is 2.00 bits per heavy atom. The molecule has 0 saturated heterocycles. The van der Waals surface area contributed by atoms with Crippen LogP contribution in [0.2, 0.25) is 0 Å². The first-order valence-corrected chi connectivity index (χ1v) is 1.44. The summed E-state index contributed by atoms with van der Waals surface area (Å²) in [7, 11) is 0. The summed E-state index contributed by atoms with van der Waals surface area (Å²) in [5, 5.41) is 0. The fourth-order valence-electron chi connectivity index (χ4n) is 0. The van der Waals surface area contributed by atoms with E-state index >= 15 is 0 Å². The monoisotopic (exact) mass is 92.0 g/mol. The van der Waals surface area contributed by atoms with Crippen LogP contribution >= 0.6 is 11.6 Å². The highest BCUT2D eigenvalue weighted by Gasteiger charge is 1.46. The molecule has 0 radical (unpaired) electrons. The Morgan fingerprint density at radius 1 is 1.80 bits per heavy atom. The average Bonchev–Trinajstić information content (AvgIpc) is 1.37. The molecule has 0 heterocycles. The molecule has 0 rings (SSSR count). The van der Waals surface area contributed by atoms with Crippen LogP contribution in [-0.4, -0.2) is 11.4 Å². The summed E-state index contributed by atoms with van der Waals surface area (Å²) in [6.45, 7) is 0. The third kappa shape index (κ3) is 19.0. The summed E-state index contributed by atoms with van der Waals surface area (Å²) in [6.07, 6.45) is 4.65. The van der Waals surface area contributed by atoms with Crippen molar-refractivity contribution in [3.63, 3.8) is 0 Å². The van der Waals surface area contributed by atoms with E-state index in [4.69, 9.17) is 11.6 Å². The molecule has 2 N–H and O–H groups in total. The summed E-state index contributed by atoms with van der Waals surface area (Å²) in [6, 6.07) is 0. The van der Waals surface area contributed by atoms with Crippen LogP contribution < -0.4 is 0 Å². The van der Waals surface area contributed by atoms with Crippen molar-refractivity contribution in [2.75, 3.05) is 5.88 Å². The van der Waals surface area contributed by atoms with Crippen molar-refractivity contribution in [2.24, 2.45) is 0 Å². The average molecular weight is 92.5 g/mol. The first-order chi connectivity index (χ1) is 1.91. The lowest BCUT2D eigenvalue weighted by Gasteiger charge is -1.50. The van der Waals surface area contributed by atoms with Gasteiger partial charge in [0.15, 0.2) is 0 Å². The Bertz CT molecular complexity index is 36.6. The number of alkyl halides is 1. The van der Waals surface area contributed by atoms with Gasteiger partial charge in [-0.2, -0.15) is 0 Å². The lowest BCUT2D eigenvalue weighted by molar-refractivity contribution is 0.824. The molecular weight excluding hydrogens is 87.5 g/mol. The van der Waals surface area contributed by atoms with Crippen LogP contribution in [-0.2, 0) is 0 Å². The number of halogens is 1. The molecule has 0 aromatic carbocycles. The zero-order valence-corrected chi connectivity index (χ0v) is 3.42. The number of hydrogen-bond donors (Lipinski definition) is 0. The third-order valence-electron chi connectivity index (χ3n) is 0.0772. The molecule has 0 unspecified atom stereocenters. The van der Waals surface area contributed by atoms with E-state index in [-0.39, 0.29) is 5.48 Å². The number of hydrogen-bond acceptors (Lipinski definition) is 0. The summed E-state index contributed by atoms with van der Waals surface area (Å²) in [5.41, 5.74) is 0. The molecule has 0 bridgehead atoms. The van der Waals surface area contributed by atoms with Crippen LogP contribution in [0.25, 0.3) is 0 Å². The van der Waals surface area contributed by atoms with Gasteiger partial charge in [0, 0.05) is 0 Å². The molecule has 0 atom stereocenters. The van der Waals surface area contributed by atoms with E-state index in [2.05, 4.69) is 12.3 Å². The van der Waals surface area contributed by atoms with E-state index in [1.54, 1.807) is 0 Å². The summed E-state index contributed by atoms with van der Waals surface area (Å²) in [4.78, 5) is 0. The second kappa shape index (κ2) is 9.18. The van der Waals surface area contributed by atoms with Gasteiger partial charge >= 0.3 is 0 Å². The Labute approximate surface area is 36.3 Å². The van der Waals surface area contributed by atoms with E-state index in [1.807, 2.05) is 0 Å². The Hall–Kier alpha value is -0.190. The van der Waals surface area contributed by atoms with Gasteiger partial charge in [0.05, 0.1) is 5.88 Å². The summed E-state index contributed by atoms with van der Waals surface area (Å²) in [5.74, 6) is 2.52. The van der Waals surface area contributed by atoms with E-state index in [9.17, 15) is 0 Å². The highest BCUT2D eigenvalue weighted by atomic mass is 35.5. The topological polar surface area (TPSA) is 31.5 Å². The van der Waals surface area contributed by atoms with Crippen molar-refractivity contribution >= 4 is 11.6 Å². The van der Waals surface area contributed by atoms with Crippen molar-refractivity contribution < 1.29 is 5.48 Å². The molecule has 0 spiro atoms. The van der Waals surface area contributed by atoms with Crippen molar-refractivity contribution in [1.82, 2.24) is 0 Å². The van der Waals surface area contributed by atoms with Crippen molar-refractivity contribution in [3.05, 3.63) is 0 Å². The van der Waals surface area contributed by atoms with Crippen LogP contribution in [0, 0.1) is 12.3 Å². The molecule has 0 aliphatic carbocycles. The van der Waals surface area contributed by atoms with E-state index in [0.717, 1.165) is 0 Å². The largest absolute Gasteiger partial charge is 0.412 e. The minimum absolute atomic E-state index is 0. The molecule has 0 aromatic heterocycles. The van der Waals surface area contributed by atoms with Gasteiger partial charge in [-0.1, -0.05) is 5.92 Å². The van der Waals surface area contributed by atoms with Gasteiger partial charge in [-0.25, -0.2) is 0 Å². The van der Waals surface area contributed by atoms with Gasteiger partial charge in [-0.3, -0.25) is 0 Å². The standard InChI is InChI=1S/C3H3Cl.H2O/c1-2-3-4;/h1H,3H2;1H2. The molecule has 0 amide bonds. The molecule has 0 aliphatic heterocycles. The van der Waals surface area contributed by atoms with Crippen LogP contribution in [0.1, 0.15) is 0 Å². The van der Waals surface area contributed by atoms with Gasteiger partial charge in [-0.15, -0.1) is 18.0 Å². The molecule has 30 valence electrons. The van der Waals surface area contributed by atoms with E-state index in [0.29, 0.717) is 5.88 Å². The molecule has 0 fully saturated rings. The normalized spacial score (nSPS) is 4.00. The molecule has 0 aromatic rings. The molecule has 5 heavy (non-hydrogen) atoms. The van der Waals surface area contributed by atoms with Gasteiger partial charge in [0.25, 0.3) is 0 Å². The van der Waals surface area contributed by atoms with Crippen LogP contribution in [0.4, 0.5) is 0 Å². The van der Waals surface area contributed by atoms with Gasteiger partial charge in [0.1, 0.15) is 0 Å². The third-order valence-corrected chi connectivity index (χ3v) is 0.231. The first kappa shape index (κ1) is 8.84. The predicted octanol–water partition coefficient (Wildman–Crippen LogP) is 0.0337. The number of rotatable bonds is 0. The maximum atomic E-state index is 4.95. The molecule has 1 nitrogen and oxygen atoms in total. The minimum atomic E-state index is 0. The maximum absolute atomic E-state index is 4.95. The zero-order chi connectivity index (χ0) is 3.41. The van der Waals surface area contributed by atoms with Gasteiger partial charge < -0.3 is 5.48 Å². The fourth-order valence-corrected chi connectivity index (χ4v) is 0. The predicted molar refractivity (Wildman–Crippen MR) is 23.2 cm³/mol. The zero-order valence-electron chi connectivity index (χ0n) is 2.66. The van der Waals surface area contributed by atoms with Crippen molar-refractivity contribution in [1.29, 1.82) is 0 Å². The Kier molecular flexibility index (Phi) is 16.2. The van der Waals surface area contributed by atoms with Gasteiger partial charge in [0.2, 0.25) is 0 Å². The summed E-state index contributed by atoms with van der Waals surface area (Å²) < 4.78 is 0. The summed E-state index contributed by atoms with van der Waals surface area (Å²) >= 11 is 4.95. The minimum Gasteiger partial charge on any atom is -0.412 e. The first-order valence-electron chi connectivity index (χ1n) is 0.909. The number of terminal acetylenes is 1. The Balaban J connectivity index is 0. The van der Waals surface area contributed by atoms with Crippen LogP contribution in [0.15, 0.2) is 0 Å². The fraction of sp³-hybridized carbons (Fsp3) is 0.333. The second-order valence-electron chi connectivity index (χ2n) is 0.338. The molecule has 0 saturated carbocycles. The quantitative estimate of drug-likeness (QED) is 0.298. The van der Waals surface area contributed by atoms with Crippen molar-refractivity contribution in [3.8, 4) is 12.3 Å². The van der Waals surface area contributed by atoms with Crippen LogP contribution in [0.3, 0.4) is 0 Å². The van der Waals surface area contributed by atoms with E-state index in [1.165, 1.54) is 0 Å². The lowest BCUT2D eigenvalue weighted by atomic mass is 10.8. The maximum Gasteiger partial charge on any atom is 0.0832 e.